The Morgan fingerprint density at radius 3 is 2.41 bits per heavy atom. The first-order valence-electron chi connectivity index (χ1n) is 5.16. The summed E-state index contributed by atoms with van der Waals surface area (Å²) in [5.41, 5.74) is 0.875. The molecular weight excluding hydrogens is 218 g/mol. The molecule has 0 saturated heterocycles. The molecule has 0 radical (unpaired) electrons. The minimum atomic E-state index is -0.689. The lowest BCUT2D eigenvalue weighted by Crippen LogP contribution is -2.17. The Morgan fingerprint density at radius 2 is 1.94 bits per heavy atom. The molecule has 90 valence electrons. The van der Waals surface area contributed by atoms with Gasteiger partial charge in [-0.25, -0.2) is 4.79 Å². The predicted molar refractivity (Wildman–Crippen MR) is 65.2 cm³/mol. The maximum atomic E-state index is 11.4. The summed E-state index contributed by atoms with van der Waals surface area (Å²) in [5.74, 6) is -0.885. The van der Waals surface area contributed by atoms with E-state index in [0.717, 1.165) is 5.56 Å². The Balaban J connectivity index is 2.89. The van der Waals surface area contributed by atoms with Crippen molar-refractivity contribution in [3.8, 4) is 0 Å². The van der Waals surface area contributed by atoms with E-state index in [1.807, 2.05) is 30.3 Å². The van der Waals surface area contributed by atoms with Crippen LogP contribution in [0, 0.1) is 5.41 Å². The summed E-state index contributed by atoms with van der Waals surface area (Å²) in [6.45, 7) is 1.37. The second-order valence-electron chi connectivity index (χ2n) is 3.59. The fraction of sp³-hybridized carbons (Fsp3) is 0.231. The largest absolute Gasteiger partial charge is 0.512 e. The molecule has 0 atom stereocenters. The van der Waals surface area contributed by atoms with Gasteiger partial charge in [-0.15, -0.1) is 0 Å². The Bertz CT molecular complexity index is 445. The minimum Gasteiger partial charge on any atom is -0.512 e. The highest BCUT2D eigenvalue weighted by Gasteiger charge is 2.18. The van der Waals surface area contributed by atoms with E-state index in [-0.39, 0.29) is 23.5 Å². The second kappa shape index (κ2) is 5.84. The van der Waals surface area contributed by atoms with Crippen LogP contribution in [-0.2, 0) is 16.0 Å². The molecule has 0 aliphatic rings. The lowest BCUT2D eigenvalue weighted by molar-refractivity contribution is -0.135. The molecule has 0 amide bonds. The average molecular weight is 233 g/mol. The summed E-state index contributed by atoms with van der Waals surface area (Å²) < 4.78 is 4.53. The molecule has 0 spiro atoms. The number of aliphatic hydroxyl groups excluding tert-OH is 1. The number of aliphatic hydroxyl groups is 1. The minimum absolute atomic E-state index is 0.0445. The first-order chi connectivity index (χ1) is 8.06. The van der Waals surface area contributed by atoms with Crippen molar-refractivity contribution >= 4 is 11.7 Å². The highest BCUT2D eigenvalue weighted by molar-refractivity contribution is 6.19. The number of carbonyl (C=O) groups excluding carboxylic acids is 1. The zero-order valence-electron chi connectivity index (χ0n) is 9.86. The Morgan fingerprint density at radius 1 is 1.35 bits per heavy atom. The van der Waals surface area contributed by atoms with Gasteiger partial charge in [0.05, 0.1) is 12.8 Å². The Labute approximate surface area is 100 Å². The summed E-state index contributed by atoms with van der Waals surface area (Å²) in [4.78, 5) is 11.4. The van der Waals surface area contributed by atoms with Crippen molar-refractivity contribution in [2.45, 2.75) is 13.3 Å². The zero-order valence-corrected chi connectivity index (χ0v) is 9.86. The topological polar surface area (TPSA) is 70.4 Å². The van der Waals surface area contributed by atoms with Crippen LogP contribution in [-0.4, -0.2) is 23.9 Å². The molecule has 0 aliphatic carbocycles. The molecule has 1 rings (SSSR count). The van der Waals surface area contributed by atoms with Gasteiger partial charge in [0.1, 0.15) is 11.3 Å². The fourth-order valence-electron chi connectivity index (χ4n) is 1.48. The van der Waals surface area contributed by atoms with Crippen LogP contribution >= 0.6 is 0 Å². The summed E-state index contributed by atoms with van der Waals surface area (Å²) in [6, 6.07) is 9.31. The number of hydrogen-bond donors (Lipinski definition) is 2. The summed E-state index contributed by atoms with van der Waals surface area (Å²) >= 11 is 0. The number of rotatable bonds is 4. The Kier molecular flexibility index (Phi) is 4.46. The van der Waals surface area contributed by atoms with Crippen molar-refractivity contribution in [3.05, 3.63) is 47.2 Å². The zero-order chi connectivity index (χ0) is 12.8. The fourth-order valence-corrected chi connectivity index (χ4v) is 1.48. The van der Waals surface area contributed by atoms with Gasteiger partial charge in [0, 0.05) is 6.42 Å². The number of esters is 1. The molecule has 0 fully saturated rings. The molecule has 1 aromatic rings. The summed E-state index contributed by atoms with van der Waals surface area (Å²) in [6.07, 6.45) is 0.281. The van der Waals surface area contributed by atoms with Gasteiger partial charge >= 0.3 is 5.97 Å². The number of nitrogens with one attached hydrogen (secondary N) is 1. The highest BCUT2D eigenvalue weighted by Crippen LogP contribution is 2.10. The van der Waals surface area contributed by atoms with E-state index in [1.54, 1.807) is 0 Å². The van der Waals surface area contributed by atoms with Crippen LogP contribution < -0.4 is 0 Å². The molecule has 0 heterocycles. The molecule has 1 aromatic carbocycles. The first kappa shape index (κ1) is 13.0. The lowest BCUT2D eigenvalue weighted by Gasteiger charge is -2.08. The number of ether oxygens (including phenoxy) is 1. The number of methoxy groups -OCH3 is 1. The third-order valence-electron chi connectivity index (χ3n) is 2.28. The molecule has 4 nitrogen and oxygen atoms in total. The van der Waals surface area contributed by atoms with E-state index in [2.05, 4.69) is 4.74 Å². The molecule has 0 saturated carbocycles. The van der Waals surface area contributed by atoms with Crippen LogP contribution in [0.2, 0.25) is 0 Å². The molecule has 0 aromatic heterocycles. The molecule has 17 heavy (non-hydrogen) atoms. The van der Waals surface area contributed by atoms with Crippen LogP contribution in [0.5, 0.6) is 0 Å². The molecule has 0 aliphatic heterocycles. The molecule has 0 unspecified atom stereocenters. The number of allylic oxidation sites excluding steroid dienone is 1. The van der Waals surface area contributed by atoms with Gasteiger partial charge in [0.25, 0.3) is 0 Å². The normalized spacial score (nSPS) is 11.6. The SMILES string of the molecule is COC(=O)C(C(=N)Cc1ccccc1)=C(C)O. The molecule has 2 N–H and O–H groups in total. The molecule has 4 heteroatoms. The van der Waals surface area contributed by atoms with Gasteiger partial charge in [-0.3, -0.25) is 0 Å². The van der Waals surface area contributed by atoms with Crippen LogP contribution in [0.25, 0.3) is 0 Å². The smallest absolute Gasteiger partial charge is 0.343 e. The average Bonchev–Trinajstić information content (AvgIpc) is 2.29. The van der Waals surface area contributed by atoms with Crippen molar-refractivity contribution in [1.82, 2.24) is 0 Å². The van der Waals surface area contributed by atoms with Crippen LogP contribution in [0.4, 0.5) is 0 Å². The summed E-state index contributed by atoms with van der Waals surface area (Å²) in [5, 5.41) is 17.2. The van der Waals surface area contributed by atoms with Crippen molar-refractivity contribution in [1.29, 1.82) is 5.41 Å². The second-order valence-corrected chi connectivity index (χ2v) is 3.59. The van der Waals surface area contributed by atoms with Gasteiger partial charge in [0.15, 0.2) is 0 Å². The highest BCUT2D eigenvalue weighted by atomic mass is 16.5. The maximum absolute atomic E-state index is 11.4. The monoisotopic (exact) mass is 233 g/mol. The first-order valence-corrected chi connectivity index (χ1v) is 5.16. The third-order valence-corrected chi connectivity index (χ3v) is 2.28. The van der Waals surface area contributed by atoms with Crippen molar-refractivity contribution in [3.63, 3.8) is 0 Å². The van der Waals surface area contributed by atoms with Gasteiger partial charge in [-0.05, 0) is 12.5 Å². The van der Waals surface area contributed by atoms with Crippen LogP contribution in [0.1, 0.15) is 12.5 Å². The van der Waals surface area contributed by atoms with Gasteiger partial charge in [-0.2, -0.15) is 0 Å². The van der Waals surface area contributed by atoms with Gasteiger partial charge in [0.2, 0.25) is 0 Å². The predicted octanol–water partition coefficient (Wildman–Crippen LogP) is 2.25. The molecule has 0 bridgehead atoms. The van der Waals surface area contributed by atoms with E-state index in [0.29, 0.717) is 0 Å². The standard InChI is InChI=1S/C13H15NO3/c1-9(15)12(13(16)17-2)11(14)8-10-6-4-3-5-7-10/h3-7,14-15H,8H2,1-2H3. The van der Waals surface area contributed by atoms with E-state index in [1.165, 1.54) is 14.0 Å². The number of benzene rings is 1. The van der Waals surface area contributed by atoms with E-state index >= 15 is 0 Å². The lowest BCUT2D eigenvalue weighted by atomic mass is 10.0. The van der Waals surface area contributed by atoms with Crippen LogP contribution in [0.15, 0.2) is 41.7 Å². The maximum Gasteiger partial charge on any atom is 0.343 e. The number of hydrogen-bond acceptors (Lipinski definition) is 4. The van der Waals surface area contributed by atoms with Crippen molar-refractivity contribution in [2.75, 3.05) is 7.11 Å². The van der Waals surface area contributed by atoms with Crippen LogP contribution in [0.3, 0.4) is 0 Å². The quantitative estimate of drug-likeness (QED) is 0.362. The van der Waals surface area contributed by atoms with E-state index in [9.17, 15) is 9.90 Å². The Hall–Kier alpha value is -2.10. The molecular formula is C13H15NO3. The number of carbonyl (C=O) groups is 1. The van der Waals surface area contributed by atoms with Crippen molar-refractivity contribution in [2.24, 2.45) is 0 Å². The van der Waals surface area contributed by atoms with E-state index in [4.69, 9.17) is 5.41 Å². The van der Waals surface area contributed by atoms with Gasteiger partial charge < -0.3 is 15.3 Å². The van der Waals surface area contributed by atoms with E-state index < -0.39 is 5.97 Å². The van der Waals surface area contributed by atoms with Gasteiger partial charge in [-0.1, -0.05) is 30.3 Å². The van der Waals surface area contributed by atoms with Crippen molar-refractivity contribution < 1.29 is 14.6 Å². The summed E-state index contributed by atoms with van der Waals surface area (Å²) in [7, 11) is 1.22. The third kappa shape index (κ3) is 3.45.